The van der Waals surface area contributed by atoms with E-state index >= 15 is 0 Å². The maximum atomic E-state index is 13.6. The van der Waals surface area contributed by atoms with Crippen molar-refractivity contribution >= 4 is 34.7 Å². The molecule has 1 atom stereocenters. The molecule has 1 aromatic heterocycles. The number of ether oxygens (including phenoxy) is 3. The highest BCUT2D eigenvalue weighted by atomic mass is 16.5. The Labute approximate surface area is 206 Å². The lowest BCUT2D eigenvalue weighted by atomic mass is 9.93. The number of imidazole rings is 1. The van der Waals surface area contributed by atoms with Crippen LogP contribution in [-0.4, -0.2) is 54.5 Å². The van der Waals surface area contributed by atoms with Crippen molar-refractivity contribution in [3.05, 3.63) is 83.4 Å². The van der Waals surface area contributed by atoms with E-state index in [4.69, 9.17) is 9.47 Å². The van der Waals surface area contributed by atoms with Crippen LogP contribution in [0.15, 0.2) is 66.7 Å². The minimum absolute atomic E-state index is 0.196. The second-order valence-corrected chi connectivity index (χ2v) is 8.13. The molecule has 2 amide bonds. The van der Waals surface area contributed by atoms with Crippen molar-refractivity contribution in [1.29, 1.82) is 0 Å². The van der Waals surface area contributed by atoms with Gasteiger partial charge in [0.15, 0.2) is 5.72 Å². The standard InChI is InChI=1S/C26H24N4O6/c1-34-12-13-36-18-7-5-6-17(15-18)30-23(31)19-8-3-4-9-20(19)26(30,33)16-10-11-21-22(14-16)28-24(27-21)29-25(32)35-2/h3-11,14-15,33H,12-13H2,1-2H3,(H2,27,28,29,32). The summed E-state index contributed by atoms with van der Waals surface area (Å²) in [5, 5.41) is 14.8. The van der Waals surface area contributed by atoms with Crippen LogP contribution in [0.25, 0.3) is 11.0 Å². The minimum atomic E-state index is -1.82. The van der Waals surface area contributed by atoms with Gasteiger partial charge in [0.05, 0.1) is 30.4 Å². The monoisotopic (exact) mass is 488 g/mol. The SMILES string of the molecule is COCCOc1cccc(N2C(=O)c3ccccc3C2(O)c2ccc3[nH]c(NC(=O)OC)nc3c2)c1. The third-order valence-electron chi connectivity index (χ3n) is 5.98. The zero-order valence-electron chi connectivity index (χ0n) is 19.6. The summed E-state index contributed by atoms with van der Waals surface area (Å²) in [5.41, 5.74) is 1.03. The molecular formula is C26H24N4O6. The van der Waals surface area contributed by atoms with Gasteiger partial charge in [-0.25, -0.2) is 9.78 Å². The topological polar surface area (TPSA) is 126 Å². The normalized spacial score (nSPS) is 16.8. The van der Waals surface area contributed by atoms with Crippen LogP contribution in [0.2, 0.25) is 0 Å². The maximum Gasteiger partial charge on any atom is 0.413 e. The third kappa shape index (κ3) is 3.92. The Hall–Kier alpha value is -4.41. The number of carbonyl (C=O) groups excluding carboxylic acids is 2. The molecule has 2 heterocycles. The van der Waals surface area contributed by atoms with Crippen LogP contribution in [0.3, 0.4) is 0 Å². The van der Waals surface area contributed by atoms with Crippen molar-refractivity contribution < 1.29 is 28.9 Å². The second-order valence-electron chi connectivity index (χ2n) is 8.13. The number of H-pyrrole nitrogens is 1. The van der Waals surface area contributed by atoms with E-state index in [-0.39, 0.29) is 11.9 Å². The van der Waals surface area contributed by atoms with Crippen molar-refractivity contribution in [1.82, 2.24) is 9.97 Å². The summed E-state index contributed by atoms with van der Waals surface area (Å²) in [5.74, 6) is 0.385. The van der Waals surface area contributed by atoms with Gasteiger partial charge in [0, 0.05) is 29.9 Å². The molecule has 36 heavy (non-hydrogen) atoms. The Morgan fingerprint density at radius 1 is 1.08 bits per heavy atom. The maximum absolute atomic E-state index is 13.6. The summed E-state index contributed by atoms with van der Waals surface area (Å²) in [6.07, 6.45) is -0.665. The predicted molar refractivity (Wildman–Crippen MR) is 132 cm³/mol. The summed E-state index contributed by atoms with van der Waals surface area (Å²) in [4.78, 5) is 33.9. The van der Waals surface area contributed by atoms with Gasteiger partial charge in [0.1, 0.15) is 12.4 Å². The molecule has 10 nitrogen and oxygen atoms in total. The number of rotatable bonds is 7. The van der Waals surface area contributed by atoms with E-state index in [1.165, 1.54) is 12.0 Å². The van der Waals surface area contributed by atoms with Gasteiger partial charge < -0.3 is 24.3 Å². The van der Waals surface area contributed by atoms with Crippen LogP contribution >= 0.6 is 0 Å². The highest BCUT2D eigenvalue weighted by Crippen LogP contribution is 2.45. The molecule has 10 heteroatoms. The van der Waals surface area contributed by atoms with E-state index in [0.717, 1.165) is 0 Å². The lowest BCUT2D eigenvalue weighted by Gasteiger charge is -2.35. The van der Waals surface area contributed by atoms with Gasteiger partial charge in [-0.1, -0.05) is 30.3 Å². The Morgan fingerprint density at radius 3 is 2.72 bits per heavy atom. The largest absolute Gasteiger partial charge is 0.491 e. The predicted octanol–water partition coefficient (Wildman–Crippen LogP) is 3.62. The highest BCUT2D eigenvalue weighted by molar-refractivity contribution is 6.12. The fourth-order valence-corrected chi connectivity index (χ4v) is 4.33. The minimum Gasteiger partial charge on any atom is -0.491 e. The molecule has 0 aliphatic carbocycles. The Kier molecular flexibility index (Phi) is 6.05. The molecular weight excluding hydrogens is 464 g/mol. The molecule has 0 spiro atoms. The molecule has 0 fully saturated rings. The van der Waals surface area contributed by atoms with Crippen LogP contribution in [0.1, 0.15) is 21.5 Å². The Bertz CT molecular complexity index is 1450. The van der Waals surface area contributed by atoms with Crippen molar-refractivity contribution in [2.75, 3.05) is 37.7 Å². The average Bonchev–Trinajstić information content (AvgIpc) is 3.40. The molecule has 4 aromatic rings. The number of nitrogens with one attached hydrogen (secondary N) is 2. The molecule has 1 aliphatic rings. The lowest BCUT2D eigenvalue weighted by Crippen LogP contribution is -2.45. The number of fused-ring (bicyclic) bond motifs is 2. The van der Waals surface area contributed by atoms with Crippen LogP contribution in [0.5, 0.6) is 5.75 Å². The van der Waals surface area contributed by atoms with Gasteiger partial charge in [-0.2, -0.15) is 0 Å². The number of methoxy groups -OCH3 is 2. The van der Waals surface area contributed by atoms with Crippen molar-refractivity contribution in [3.8, 4) is 5.75 Å². The second kappa shape index (κ2) is 9.33. The summed E-state index contributed by atoms with van der Waals surface area (Å²) >= 11 is 0. The number of nitrogens with zero attached hydrogens (tertiary/aromatic N) is 2. The fourth-order valence-electron chi connectivity index (χ4n) is 4.33. The smallest absolute Gasteiger partial charge is 0.413 e. The molecule has 0 bridgehead atoms. The van der Waals surface area contributed by atoms with Gasteiger partial charge in [-0.3, -0.25) is 15.0 Å². The summed E-state index contributed by atoms with van der Waals surface area (Å²) in [6.45, 7) is 0.759. The number of anilines is 2. The first-order valence-corrected chi connectivity index (χ1v) is 11.2. The number of aromatic nitrogens is 2. The molecule has 0 radical (unpaired) electrons. The quantitative estimate of drug-likeness (QED) is 0.339. The van der Waals surface area contributed by atoms with E-state index in [2.05, 4.69) is 20.0 Å². The number of hydrogen-bond donors (Lipinski definition) is 3. The van der Waals surface area contributed by atoms with E-state index in [0.29, 0.717) is 52.4 Å². The number of benzene rings is 3. The zero-order valence-corrected chi connectivity index (χ0v) is 19.6. The third-order valence-corrected chi connectivity index (χ3v) is 5.98. The van der Waals surface area contributed by atoms with E-state index in [1.54, 1.807) is 73.8 Å². The number of hydrogen-bond acceptors (Lipinski definition) is 7. The summed E-state index contributed by atoms with van der Waals surface area (Å²) in [6, 6.07) is 19.0. The number of carbonyl (C=O) groups is 2. The molecule has 1 unspecified atom stereocenters. The van der Waals surface area contributed by atoms with Crippen LogP contribution in [0.4, 0.5) is 16.4 Å². The van der Waals surface area contributed by atoms with Crippen molar-refractivity contribution in [3.63, 3.8) is 0 Å². The van der Waals surface area contributed by atoms with Gasteiger partial charge in [-0.05, 0) is 30.3 Å². The van der Waals surface area contributed by atoms with Gasteiger partial charge >= 0.3 is 6.09 Å². The first-order valence-electron chi connectivity index (χ1n) is 11.2. The van der Waals surface area contributed by atoms with Crippen molar-refractivity contribution in [2.24, 2.45) is 0 Å². The molecule has 5 rings (SSSR count). The van der Waals surface area contributed by atoms with Crippen molar-refractivity contribution in [2.45, 2.75) is 5.72 Å². The number of aromatic amines is 1. The van der Waals surface area contributed by atoms with Gasteiger partial charge in [0.25, 0.3) is 5.91 Å². The molecule has 0 saturated carbocycles. The molecule has 184 valence electrons. The lowest BCUT2D eigenvalue weighted by molar-refractivity contribution is 0.0703. The van der Waals surface area contributed by atoms with Crippen LogP contribution in [0, 0.1) is 0 Å². The fraction of sp³-hybridized carbons (Fsp3) is 0.192. The van der Waals surface area contributed by atoms with Crippen LogP contribution < -0.4 is 15.0 Å². The first-order chi connectivity index (χ1) is 17.5. The molecule has 3 N–H and O–H groups in total. The highest BCUT2D eigenvalue weighted by Gasteiger charge is 2.50. The molecule has 0 saturated heterocycles. The van der Waals surface area contributed by atoms with Gasteiger partial charge in [0.2, 0.25) is 5.95 Å². The Balaban J connectivity index is 1.60. The zero-order chi connectivity index (χ0) is 25.3. The number of aliphatic hydroxyl groups is 1. The first kappa shape index (κ1) is 23.3. The Morgan fingerprint density at radius 2 is 1.92 bits per heavy atom. The van der Waals surface area contributed by atoms with Gasteiger partial charge in [-0.15, -0.1) is 0 Å². The molecule has 3 aromatic carbocycles. The molecule has 1 aliphatic heterocycles. The van der Waals surface area contributed by atoms with E-state index in [9.17, 15) is 14.7 Å². The summed E-state index contributed by atoms with van der Waals surface area (Å²) in [7, 11) is 2.84. The summed E-state index contributed by atoms with van der Waals surface area (Å²) < 4.78 is 15.4. The number of amides is 2. The van der Waals surface area contributed by atoms with E-state index in [1.807, 2.05) is 0 Å². The van der Waals surface area contributed by atoms with E-state index < -0.39 is 11.8 Å². The van der Waals surface area contributed by atoms with Crippen LogP contribution in [-0.2, 0) is 15.2 Å². The average molecular weight is 489 g/mol.